The van der Waals surface area contributed by atoms with Crippen molar-refractivity contribution in [3.63, 3.8) is 0 Å². The van der Waals surface area contributed by atoms with Crippen molar-refractivity contribution in [1.82, 2.24) is 19.7 Å². The summed E-state index contributed by atoms with van der Waals surface area (Å²) in [4.78, 5) is 19.2. The molecule has 0 spiro atoms. The van der Waals surface area contributed by atoms with Gasteiger partial charge in [-0.2, -0.15) is 5.10 Å². The fourth-order valence-corrected chi connectivity index (χ4v) is 4.11. The van der Waals surface area contributed by atoms with E-state index in [9.17, 15) is 4.79 Å². The first-order chi connectivity index (χ1) is 12.3. The lowest BCUT2D eigenvalue weighted by Crippen LogP contribution is -2.43. The first-order valence-electron chi connectivity index (χ1n) is 9.04. The molecule has 1 amide bonds. The normalized spacial score (nSPS) is 21.0. The zero-order valence-corrected chi connectivity index (χ0v) is 14.6. The number of aromatic nitrogens is 3. The number of rotatable bonds is 3. The molecule has 2 aliphatic rings. The number of fused-ring (bicyclic) bond motifs is 1. The third-order valence-electron chi connectivity index (χ3n) is 5.54. The first kappa shape index (κ1) is 16.1. The molecule has 3 heterocycles. The SMILES string of the molecule is COc1ccccc1C1CCN(C(=O)C2CCc3ncnn3C2)CC1. The highest BCUT2D eigenvalue weighted by atomic mass is 16.5. The molecule has 1 aromatic carbocycles. The van der Waals surface area contributed by atoms with E-state index in [0.717, 1.165) is 50.3 Å². The van der Waals surface area contributed by atoms with E-state index in [-0.39, 0.29) is 11.8 Å². The van der Waals surface area contributed by atoms with E-state index in [0.29, 0.717) is 12.5 Å². The van der Waals surface area contributed by atoms with E-state index in [1.807, 2.05) is 21.7 Å². The standard InChI is InChI=1S/C19H24N4O2/c1-25-17-5-3-2-4-16(17)14-8-10-22(11-9-14)19(24)15-6-7-18-20-13-21-23(18)12-15/h2-5,13-15H,6-12H2,1H3. The molecule has 1 aromatic heterocycles. The molecule has 4 rings (SSSR count). The number of para-hydroxylation sites is 1. The van der Waals surface area contributed by atoms with Crippen LogP contribution in [0.15, 0.2) is 30.6 Å². The molecule has 6 nitrogen and oxygen atoms in total. The Morgan fingerprint density at radius 1 is 1.20 bits per heavy atom. The Bertz CT molecular complexity index is 749. The van der Waals surface area contributed by atoms with E-state index in [2.05, 4.69) is 22.2 Å². The van der Waals surface area contributed by atoms with Crippen LogP contribution < -0.4 is 4.74 Å². The van der Waals surface area contributed by atoms with Crippen molar-refractivity contribution in [3.05, 3.63) is 42.0 Å². The van der Waals surface area contributed by atoms with Gasteiger partial charge in [-0.05, 0) is 36.8 Å². The monoisotopic (exact) mass is 340 g/mol. The summed E-state index contributed by atoms with van der Waals surface area (Å²) in [6.07, 6.45) is 5.29. The number of benzene rings is 1. The van der Waals surface area contributed by atoms with Crippen molar-refractivity contribution in [3.8, 4) is 5.75 Å². The number of ether oxygens (including phenoxy) is 1. The van der Waals surface area contributed by atoms with Crippen LogP contribution in [0.25, 0.3) is 0 Å². The number of hydrogen-bond donors (Lipinski definition) is 0. The maximum atomic E-state index is 12.9. The molecule has 6 heteroatoms. The average molecular weight is 340 g/mol. The Labute approximate surface area is 147 Å². The molecule has 0 N–H and O–H groups in total. The number of nitrogens with zero attached hydrogens (tertiary/aromatic N) is 4. The molecule has 1 atom stereocenters. The molecule has 0 radical (unpaired) electrons. The summed E-state index contributed by atoms with van der Waals surface area (Å²) in [5, 5.41) is 4.23. The number of hydrogen-bond acceptors (Lipinski definition) is 4. The van der Waals surface area contributed by atoms with Gasteiger partial charge < -0.3 is 9.64 Å². The molecular weight excluding hydrogens is 316 g/mol. The van der Waals surface area contributed by atoms with Gasteiger partial charge in [0.1, 0.15) is 17.9 Å². The summed E-state index contributed by atoms with van der Waals surface area (Å²) < 4.78 is 7.38. The van der Waals surface area contributed by atoms with Crippen molar-refractivity contribution in [2.45, 2.75) is 38.1 Å². The Hall–Kier alpha value is -2.37. The minimum absolute atomic E-state index is 0.0389. The van der Waals surface area contributed by atoms with Gasteiger partial charge >= 0.3 is 0 Å². The lowest BCUT2D eigenvalue weighted by atomic mass is 9.88. The smallest absolute Gasteiger partial charge is 0.227 e. The second-order valence-corrected chi connectivity index (χ2v) is 6.94. The van der Waals surface area contributed by atoms with Gasteiger partial charge in [-0.3, -0.25) is 4.79 Å². The molecule has 0 saturated carbocycles. The van der Waals surface area contributed by atoms with Gasteiger partial charge in [0.2, 0.25) is 5.91 Å². The van der Waals surface area contributed by atoms with Gasteiger partial charge in [-0.15, -0.1) is 0 Å². The van der Waals surface area contributed by atoms with E-state index in [1.165, 1.54) is 5.56 Å². The highest BCUT2D eigenvalue weighted by molar-refractivity contribution is 5.79. The molecule has 2 aliphatic heterocycles. The number of piperidine rings is 1. The lowest BCUT2D eigenvalue weighted by Gasteiger charge is -2.35. The Morgan fingerprint density at radius 3 is 2.80 bits per heavy atom. The average Bonchev–Trinajstić information content (AvgIpc) is 3.15. The molecular formula is C19H24N4O2. The summed E-state index contributed by atoms with van der Waals surface area (Å²) in [6, 6.07) is 8.23. The van der Waals surface area contributed by atoms with Crippen LogP contribution in [-0.2, 0) is 17.8 Å². The van der Waals surface area contributed by atoms with Crippen LogP contribution in [0.2, 0.25) is 0 Å². The summed E-state index contributed by atoms with van der Waals surface area (Å²) in [5.41, 5.74) is 1.27. The zero-order chi connectivity index (χ0) is 17.2. The summed E-state index contributed by atoms with van der Waals surface area (Å²) in [7, 11) is 1.72. The lowest BCUT2D eigenvalue weighted by molar-refractivity contribution is -0.137. The third-order valence-corrected chi connectivity index (χ3v) is 5.54. The summed E-state index contributed by atoms with van der Waals surface area (Å²) >= 11 is 0. The topological polar surface area (TPSA) is 60.2 Å². The van der Waals surface area contributed by atoms with Crippen LogP contribution >= 0.6 is 0 Å². The van der Waals surface area contributed by atoms with Gasteiger partial charge in [0, 0.05) is 19.5 Å². The molecule has 2 aromatic rings. The minimum Gasteiger partial charge on any atom is -0.496 e. The van der Waals surface area contributed by atoms with Gasteiger partial charge in [-0.25, -0.2) is 9.67 Å². The van der Waals surface area contributed by atoms with Crippen molar-refractivity contribution < 1.29 is 9.53 Å². The Morgan fingerprint density at radius 2 is 2.00 bits per heavy atom. The van der Waals surface area contributed by atoms with Crippen LogP contribution in [0.4, 0.5) is 0 Å². The third kappa shape index (κ3) is 3.13. The van der Waals surface area contributed by atoms with E-state index >= 15 is 0 Å². The van der Waals surface area contributed by atoms with Gasteiger partial charge in [0.25, 0.3) is 0 Å². The van der Waals surface area contributed by atoms with E-state index < -0.39 is 0 Å². The highest BCUT2D eigenvalue weighted by Crippen LogP contribution is 2.34. The van der Waals surface area contributed by atoms with Gasteiger partial charge in [0.05, 0.1) is 19.6 Å². The van der Waals surface area contributed by atoms with Crippen LogP contribution in [0.1, 0.15) is 36.6 Å². The predicted molar refractivity (Wildman–Crippen MR) is 93.4 cm³/mol. The van der Waals surface area contributed by atoms with Crippen molar-refractivity contribution in [2.75, 3.05) is 20.2 Å². The number of aryl methyl sites for hydroxylation is 1. The minimum atomic E-state index is 0.0389. The largest absolute Gasteiger partial charge is 0.496 e. The van der Waals surface area contributed by atoms with E-state index in [4.69, 9.17) is 4.74 Å². The number of carbonyl (C=O) groups is 1. The van der Waals surface area contributed by atoms with Crippen molar-refractivity contribution in [2.24, 2.45) is 5.92 Å². The number of carbonyl (C=O) groups excluding carboxylic acids is 1. The van der Waals surface area contributed by atoms with E-state index in [1.54, 1.807) is 13.4 Å². The van der Waals surface area contributed by atoms with Crippen molar-refractivity contribution in [1.29, 1.82) is 0 Å². The van der Waals surface area contributed by atoms with Crippen LogP contribution in [-0.4, -0.2) is 45.8 Å². The highest BCUT2D eigenvalue weighted by Gasteiger charge is 2.32. The van der Waals surface area contributed by atoms with Gasteiger partial charge in [-0.1, -0.05) is 18.2 Å². The fraction of sp³-hybridized carbons (Fsp3) is 0.526. The van der Waals surface area contributed by atoms with Crippen molar-refractivity contribution >= 4 is 5.91 Å². The second-order valence-electron chi connectivity index (χ2n) is 6.94. The predicted octanol–water partition coefficient (Wildman–Crippen LogP) is 2.26. The summed E-state index contributed by atoms with van der Waals surface area (Å²) in [6.45, 7) is 2.31. The Balaban J connectivity index is 1.38. The number of methoxy groups -OCH3 is 1. The maximum absolute atomic E-state index is 12.9. The van der Waals surface area contributed by atoms with Gasteiger partial charge in [0.15, 0.2) is 0 Å². The fourth-order valence-electron chi connectivity index (χ4n) is 4.11. The Kier molecular flexibility index (Phi) is 4.42. The number of likely N-dealkylation sites (tertiary alicyclic amines) is 1. The molecule has 25 heavy (non-hydrogen) atoms. The van der Waals surface area contributed by atoms with Crippen LogP contribution in [0.3, 0.4) is 0 Å². The number of amides is 1. The molecule has 1 fully saturated rings. The van der Waals surface area contributed by atoms with Crippen LogP contribution in [0.5, 0.6) is 5.75 Å². The zero-order valence-electron chi connectivity index (χ0n) is 14.6. The quantitative estimate of drug-likeness (QED) is 0.860. The van der Waals surface area contributed by atoms with Crippen LogP contribution in [0, 0.1) is 5.92 Å². The molecule has 1 saturated heterocycles. The maximum Gasteiger partial charge on any atom is 0.227 e. The second kappa shape index (κ2) is 6.86. The molecule has 0 bridgehead atoms. The summed E-state index contributed by atoms with van der Waals surface area (Å²) in [5.74, 6) is 2.74. The molecule has 132 valence electrons. The molecule has 0 aliphatic carbocycles. The molecule has 1 unspecified atom stereocenters. The first-order valence-corrected chi connectivity index (χ1v) is 9.04.